The van der Waals surface area contributed by atoms with Crippen molar-refractivity contribution in [2.24, 2.45) is 4.99 Å². The molecule has 0 bridgehead atoms. The highest BCUT2D eigenvalue weighted by Crippen LogP contribution is 2.28. The lowest BCUT2D eigenvalue weighted by Crippen LogP contribution is -2.59. The minimum Gasteiger partial charge on any atom is -0.348 e. The number of thiazole rings is 1. The van der Waals surface area contributed by atoms with Crippen LogP contribution in [0.1, 0.15) is 24.0 Å². The number of hydrogen-bond acceptors (Lipinski definition) is 5. The second-order valence-corrected chi connectivity index (χ2v) is 6.49. The standard InChI is InChI=1S/C15H16N4O2S/c1-10-17-11(9-22-10)8-16-14(21)15(2)7-13(20)18-12-5-3-4-6-19(12)15/h3-6,9H,7-8H2,1-2H3,(H,16,21). The van der Waals surface area contributed by atoms with Gasteiger partial charge in [0.2, 0.25) is 5.91 Å². The van der Waals surface area contributed by atoms with Crippen LogP contribution >= 0.6 is 11.3 Å². The van der Waals surface area contributed by atoms with Gasteiger partial charge in [-0.25, -0.2) is 4.98 Å². The lowest BCUT2D eigenvalue weighted by molar-refractivity contribution is -0.134. The summed E-state index contributed by atoms with van der Waals surface area (Å²) in [5.41, 5.74) is -0.148. The molecule has 3 heterocycles. The SMILES string of the molecule is Cc1nc(CNC(=O)C2(C)CC(=O)N=C3C=CC=CN32)cs1. The fourth-order valence-electron chi connectivity index (χ4n) is 2.53. The van der Waals surface area contributed by atoms with Crippen molar-refractivity contribution < 1.29 is 9.59 Å². The maximum Gasteiger partial charge on any atom is 0.250 e. The topological polar surface area (TPSA) is 74.7 Å². The molecule has 0 aromatic carbocycles. The summed E-state index contributed by atoms with van der Waals surface area (Å²) in [6, 6.07) is 0. The number of rotatable bonds is 3. The predicted molar refractivity (Wildman–Crippen MR) is 84.3 cm³/mol. The van der Waals surface area contributed by atoms with Crippen LogP contribution in [0.3, 0.4) is 0 Å². The zero-order chi connectivity index (χ0) is 15.7. The Morgan fingerprint density at radius 3 is 3.05 bits per heavy atom. The summed E-state index contributed by atoms with van der Waals surface area (Å²) in [4.78, 5) is 34.6. The van der Waals surface area contributed by atoms with E-state index in [9.17, 15) is 9.59 Å². The van der Waals surface area contributed by atoms with Crippen molar-refractivity contribution in [1.82, 2.24) is 15.2 Å². The first-order chi connectivity index (χ1) is 10.5. The number of allylic oxidation sites excluding steroid dienone is 2. The third-order valence-corrected chi connectivity index (χ3v) is 4.51. The van der Waals surface area contributed by atoms with Gasteiger partial charge in [-0.2, -0.15) is 4.99 Å². The van der Waals surface area contributed by atoms with E-state index in [1.807, 2.05) is 18.4 Å². The Hall–Kier alpha value is -2.28. The predicted octanol–water partition coefficient (Wildman–Crippen LogP) is 1.54. The van der Waals surface area contributed by atoms with E-state index in [0.717, 1.165) is 10.7 Å². The Morgan fingerprint density at radius 1 is 1.50 bits per heavy atom. The van der Waals surface area contributed by atoms with Crippen molar-refractivity contribution in [2.75, 3.05) is 0 Å². The van der Waals surface area contributed by atoms with Gasteiger partial charge in [-0.1, -0.05) is 6.08 Å². The first kappa shape index (κ1) is 14.6. The molecule has 2 aliphatic heterocycles. The Labute approximate surface area is 132 Å². The summed E-state index contributed by atoms with van der Waals surface area (Å²) in [7, 11) is 0. The number of amidine groups is 1. The molecule has 1 N–H and O–H groups in total. The normalized spacial score (nSPS) is 23.3. The smallest absolute Gasteiger partial charge is 0.250 e. The summed E-state index contributed by atoms with van der Waals surface area (Å²) < 4.78 is 0. The quantitative estimate of drug-likeness (QED) is 0.918. The van der Waals surface area contributed by atoms with Crippen LogP contribution in [-0.2, 0) is 16.1 Å². The molecule has 0 fully saturated rings. The van der Waals surface area contributed by atoms with Gasteiger partial charge in [-0.3, -0.25) is 9.59 Å². The number of carbonyl (C=O) groups excluding carboxylic acids is 2. The van der Waals surface area contributed by atoms with E-state index < -0.39 is 5.54 Å². The Balaban J connectivity index is 1.78. The molecule has 1 aromatic heterocycles. The van der Waals surface area contributed by atoms with E-state index in [0.29, 0.717) is 12.4 Å². The molecule has 1 aromatic rings. The number of nitrogens with one attached hydrogen (secondary N) is 1. The Morgan fingerprint density at radius 2 is 2.32 bits per heavy atom. The van der Waals surface area contributed by atoms with Gasteiger partial charge >= 0.3 is 0 Å². The van der Waals surface area contributed by atoms with Crippen LogP contribution in [0, 0.1) is 6.92 Å². The van der Waals surface area contributed by atoms with Crippen molar-refractivity contribution in [2.45, 2.75) is 32.4 Å². The van der Waals surface area contributed by atoms with E-state index in [1.165, 1.54) is 0 Å². The lowest BCUT2D eigenvalue weighted by Gasteiger charge is -2.41. The molecule has 0 spiro atoms. The molecule has 22 heavy (non-hydrogen) atoms. The average Bonchev–Trinajstić information content (AvgIpc) is 2.90. The van der Waals surface area contributed by atoms with E-state index >= 15 is 0 Å². The van der Waals surface area contributed by atoms with Crippen LogP contribution in [0.5, 0.6) is 0 Å². The van der Waals surface area contributed by atoms with Crippen LogP contribution in [0.25, 0.3) is 0 Å². The minimum absolute atomic E-state index is 0.0522. The summed E-state index contributed by atoms with van der Waals surface area (Å²) in [5, 5.41) is 5.75. The fraction of sp³-hybridized carbons (Fsp3) is 0.333. The van der Waals surface area contributed by atoms with Gasteiger partial charge in [0, 0.05) is 11.6 Å². The number of carbonyl (C=O) groups is 2. The molecule has 1 unspecified atom stereocenters. The monoisotopic (exact) mass is 316 g/mol. The van der Waals surface area contributed by atoms with Crippen LogP contribution in [0.2, 0.25) is 0 Å². The number of aliphatic imine (C=N–C) groups is 1. The zero-order valence-electron chi connectivity index (χ0n) is 12.4. The largest absolute Gasteiger partial charge is 0.348 e. The molecule has 2 amide bonds. The minimum atomic E-state index is -0.972. The van der Waals surface area contributed by atoms with Crippen molar-refractivity contribution in [3.8, 4) is 0 Å². The summed E-state index contributed by atoms with van der Waals surface area (Å²) in [6.07, 6.45) is 7.18. The first-order valence-corrected chi connectivity index (χ1v) is 7.82. The number of hydrogen-bond donors (Lipinski definition) is 1. The van der Waals surface area contributed by atoms with Crippen LogP contribution < -0.4 is 5.32 Å². The van der Waals surface area contributed by atoms with E-state index in [-0.39, 0.29) is 18.2 Å². The molecule has 0 saturated heterocycles. The van der Waals surface area contributed by atoms with Crippen molar-refractivity contribution in [1.29, 1.82) is 0 Å². The lowest BCUT2D eigenvalue weighted by atomic mass is 9.91. The van der Waals surface area contributed by atoms with Crippen molar-refractivity contribution in [3.63, 3.8) is 0 Å². The zero-order valence-corrected chi connectivity index (χ0v) is 13.2. The van der Waals surface area contributed by atoms with E-state index in [2.05, 4.69) is 15.3 Å². The van der Waals surface area contributed by atoms with Gasteiger partial charge < -0.3 is 10.2 Å². The van der Waals surface area contributed by atoms with Gasteiger partial charge in [0.15, 0.2) is 0 Å². The molecule has 2 aliphatic rings. The summed E-state index contributed by atoms with van der Waals surface area (Å²) in [5.74, 6) is 0.00751. The van der Waals surface area contributed by atoms with E-state index in [1.54, 1.807) is 41.5 Å². The summed E-state index contributed by atoms with van der Waals surface area (Å²) in [6.45, 7) is 4.03. The number of aromatic nitrogens is 1. The van der Waals surface area contributed by atoms with Crippen molar-refractivity contribution in [3.05, 3.63) is 40.5 Å². The number of fused-ring (bicyclic) bond motifs is 1. The van der Waals surface area contributed by atoms with Crippen LogP contribution in [0.15, 0.2) is 34.8 Å². The molecule has 7 heteroatoms. The second kappa shape index (κ2) is 5.49. The second-order valence-electron chi connectivity index (χ2n) is 5.43. The number of amides is 2. The highest BCUT2D eigenvalue weighted by Gasteiger charge is 2.44. The van der Waals surface area contributed by atoms with Gasteiger partial charge in [-0.05, 0) is 26.0 Å². The summed E-state index contributed by atoms with van der Waals surface area (Å²) >= 11 is 1.54. The number of aryl methyl sites for hydroxylation is 1. The van der Waals surface area contributed by atoms with Gasteiger partial charge in [0.05, 0.1) is 23.7 Å². The average molecular weight is 316 g/mol. The van der Waals surface area contributed by atoms with Crippen LogP contribution in [-0.4, -0.2) is 33.1 Å². The van der Waals surface area contributed by atoms with Gasteiger partial charge in [0.1, 0.15) is 11.4 Å². The Kier molecular flexibility index (Phi) is 3.66. The maximum absolute atomic E-state index is 12.7. The fourth-order valence-corrected chi connectivity index (χ4v) is 3.14. The molecule has 3 rings (SSSR count). The van der Waals surface area contributed by atoms with Crippen LogP contribution in [0.4, 0.5) is 0 Å². The maximum atomic E-state index is 12.7. The first-order valence-electron chi connectivity index (χ1n) is 6.94. The molecular formula is C15H16N4O2S. The highest BCUT2D eigenvalue weighted by molar-refractivity contribution is 7.09. The Bertz CT molecular complexity index is 719. The third kappa shape index (κ3) is 2.59. The molecule has 0 radical (unpaired) electrons. The van der Waals surface area contributed by atoms with Gasteiger partial charge in [-0.15, -0.1) is 11.3 Å². The molecule has 6 nitrogen and oxygen atoms in total. The third-order valence-electron chi connectivity index (χ3n) is 3.69. The van der Waals surface area contributed by atoms with Crippen molar-refractivity contribution >= 4 is 29.0 Å². The molecule has 0 saturated carbocycles. The van der Waals surface area contributed by atoms with Gasteiger partial charge in [0.25, 0.3) is 5.91 Å². The van der Waals surface area contributed by atoms with E-state index in [4.69, 9.17) is 0 Å². The number of nitrogens with zero attached hydrogens (tertiary/aromatic N) is 3. The molecule has 1 atom stereocenters. The molecule has 114 valence electrons. The molecule has 0 aliphatic carbocycles. The highest BCUT2D eigenvalue weighted by atomic mass is 32.1. The molecular weight excluding hydrogens is 300 g/mol.